The maximum atomic E-state index is 14.8. The van der Waals surface area contributed by atoms with Crippen molar-refractivity contribution in [2.24, 2.45) is 40.8 Å². The van der Waals surface area contributed by atoms with Crippen molar-refractivity contribution in [1.29, 1.82) is 0 Å². The quantitative estimate of drug-likeness (QED) is 0.00545. The molecule has 3 fully saturated rings. The number of ketones is 1. The lowest BCUT2D eigenvalue weighted by atomic mass is 9.97. The van der Waals surface area contributed by atoms with Crippen LogP contribution in [-0.4, -0.2) is 324 Å². The number of aliphatic hydroxyl groups excluding tert-OH is 3. The highest BCUT2D eigenvalue weighted by atomic mass is 35.5. The number of fused-ring (bicyclic) bond motifs is 6. The summed E-state index contributed by atoms with van der Waals surface area (Å²) in [5.74, 6) is -0.471. The van der Waals surface area contributed by atoms with E-state index in [9.17, 15) is 33.6 Å². The molecular weight excluding hydrogens is 2000 g/mol. The van der Waals surface area contributed by atoms with Crippen molar-refractivity contribution in [3.63, 3.8) is 0 Å². The molecule has 4 aromatic carbocycles. The minimum atomic E-state index is -3.61. The molecule has 0 aliphatic carbocycles. The van der Waals surface area contributed by atoms with E-state index >= 15 is 0 Å². The molecule has 12 heterocycles. The number of aliphatic hydroxyl groups is 3. The van der Waals surface area contributed by atoms with Crippen molar-refractivity contribution in [2.45, 2.75) is 126 Å². The monoisotopic (exact) mass is 2120 g/mol. The maximum Gasteiger partial charge on any atom is 0.397 e. The van der Waals surface area contributed by atoms with Gasteiger partial charge in [0.25, 0.3) is 0 Å². The van der Waals surface area contributed by atoms with E-state index in [-0.39, 0.29) is 107 Å². The van der Waals surface area contributed by atoms with Crippen LogP contribution in [0.25, 0.3) is 16.1 Å². The van der Waals surface area contributed by atoms with Gasteiger partial charge in [-0.15, -0.1) is 0 Å². The zero-order chi connectivity index (χ0) is 106. The van der Waals surface area contributed by atoms with Gasteiger partial charge in [0.05, 0.1) is 200 Å². The number of aromatic nitrogens is 6. The molecule has 0 spiro atoms. The summed E-state index contributed by atoms with van der Waals surface area (Å²) in [7, 11) is 9.68. The number of methoxy groups -OCH3 is 9. The standard InChI is InChI=1S/C26H31ClN5O6P.C23H26ClN3O4.C22H21ClN4O3.C19H17ClN2O3.C4H9N3O2.C4H11NO2.C4H8O2/c1-35-24(33)8-7-23-26(38-39(34,31-10-14-36-15-11-31)32-12-16-37-17-13-32)30-21-6-5-19(27)18-20(21)25(29-23)22-4-2-3-9-28-22;1-30-14-16(28)7-9-19-20(10-11-22(29)31-2)27-23(21-5-3-4-12-25-21)17-13-15(24)6-8-18(17)26-19;1-29-13-15-12-25-22-18(7-9-20(28)30-2)26-21(17-5-3-4-10-24-17)16-11-14(23)6-8-19(16)27(15)22;1-25-18(24)8-7-15-17(23)10-12-5-6-13(20)11-14(12)19(22-15)16-4-2-3-9-21-16;1-9-3-4(8)2-6-7-5;1-7-3-4(6)2-5;1-5-2-4-3-6-4/h2-6,9,18,23H,7-8,10-17H2,1H3;3-6,8,12-13,16,20,28H,7,9-11,14H2,1-2H3;3-6,8,10-12,18H,7,9,13H2,1-2H3;2-6,9,11,15H,7-8,10H2,1H3;4,8H,2-3H2,1H3;4,6H,2-3,5H2,1H3;4H,2-3H2,1H3/t23-;16?,20-;18-;15-;;;/m0000.../s1. The van der Waals surface area contributed by atoms with E-state index in [1.807, 2.05) is 123 Å². The van der Waals surface area contributed by atoms with Crippen LogP contribution in [0.1, 0.15) is 132 Å². The number of hydrogen-bond donors (Lipinski definition) is 4. The Hall–Kier alpha value is -11.8. The summed E-state index contributed by atoms with van der Waals surface area (Å²) in [6, 6.07) is 42.1. The van der Waals surface area contributed by atoms with Crippen LogP contribution in [0.5, 0.6) is 0 Å². The number of ether oxygens (including phenoxy) is 12. The van der Waals surface area contributed by atoms with Crippen molar-refractivity contribution >= 4 is 130 Å². The molecular formula is C102H123Cl4N18O22P. The van der Waals surface area contributed by atoms with E-state index in [0.29, 0.717) is 175 Å². The number of halogens is 4. The number of nitrogens with two attached hydrogens (primary N) is 1. The van der Waals surface area contributed by atoms with Gasteiger partial charge >= 0.3 is 31.5 Å². The SMILES string of the molecule is COC(=O)CC[C@@H]1N=C(c2ccccn2)c2cc(Cl)ccc2CC1=O.COC(=O)CC[C@@H]1N=C(c2ccccn2)c2cc(Cl)ccc2N=C1OP(=O)(N1CCOCC1)N1CCOCC1.COCC(O)CCC1=Nc2ccc(Cl)cc2C(c2ccccn2)=N[C@H]1CCC(=O)OC.COCC(O)CN.COCC(O)CN=[N+]=[N-].COCC1CO1.COCc1cnc2n1-c1ccc(Cl)cc1C(c1ccccn1)=N[C@H]2CCC(=O)OC. The van der Waals surface area contributed by atoms with Crippen LogP contribution in [0.15, 0.2) is 212 Å². The lowest BCUT2D eigenvalue weighted by Crippen LogP contribution is -2.44. The molecule has 45 heteroatoms. The molecule has 0 bridgehead atoms. The molecule has 5 N–H and O–H groups in total. The van der Waals surface area contributed by atoms with Crippen LogP contribution in [0, 0.1) is 0 Å². The molecule has 7 aliphatic heterocycles. The summed E-state index contributed by atoms with van der Waals surface area (Å²) in [6.07, 6.45) is 10.5. The molecule has 40 nitrogen and oxygen atoms in total. The third-order valence-corrected chi connectivity index (χ3v) is 26.4. The number of morpholine rings is 2. The molecule has 7 aliphatic rings. The first kappa shape index (κ1) is 117. The topological polar surface area (TPSA) is 511 Å². The molecule has 5 aromatic heterocycles. The lowest BCUT2D eigenvalue weighted by Gasteiger charge is -2.41. The summed E-state index contributed by atoms with van der Waals surface area (Å²) in [4.78, 5) is 114. The van der Waals surface area contributed by atoms with Crippen LogP contribution >= 0.6 is 54.1 Å². The molecule has 147 heavy (non-hydrogen) atoms. The molecule has 4 unspecified atom stereocenters. The smallest absolute Gasteiger partial charge is 0.397 e. The van der Waals surface area contributed by atoms with Crippen molar-refractivity contribution in [3.05, 3.63) is 269 Å². The second-order valence-corrected chi connectivity index (χ2v) is 37.3. The zero-order valence-corrected chi connectivity index (χ0v) is 87.1. The van der Waals surface area contributed by atoms with Crippen LogP contribution < -0.4 is 5.73 Å². The fourth-order valence-electron chi connectivity index (χ4n) is 15.5. The van der Waals surface area contributed by atoms with Gasteiger partial charge < -0.3 is 82.4 Å². The number of benzene rings is 4. The van der Waals surface area contributed by atoms with Gasteiger partial charge in [-0.25, -0.2) is 23.9 Å². The number of Topliss-reactive ketones (excluding diaryl/α,β-unsaturated/α-hetero) is 1. The molecule has 16 rings (SSSR count). The Balaban J connectivity index is 0.000000189. The fourth-order valence-corrected chi connectivity index (χ4v) is 18.5. The van der Waals surface area contributed by atoms with Gasteiger partial charge in [0.15, 0.2) is 5.78 Å². The average Bonchev–Trinajstić information content (AvgIpc) is 1.58. The predicted molar refractivity (Wildman–Crippen MR) is 556 cm³/mol. The summed E-state index contributed by atoms with van der Waals surface area (Å²) < 4.78 is 86.4. The summed E-state index contributed by atoms with van der Waals surface area (Å²) in [5, 5.41) is 32.9. The molecule has 0 amide bonds. The number of imidazole rings is 1. The summed E-state index contributed by atoms with van der Waals surface area (Å²) in [6.45, 7) is 6.74. The normalized spacial score (nSPS) is 17.6. The van der Waals surface area contributed by atoms with Gasteiger partial charge in [-0.2, -0.15) is 0 Å². The van der Waals surface area contributed by atoms with E-state index in [1.54, 1.807) is 88.7 Å². The largest absolute Gasteiger partial charge is 0.469 e. The minimum absolute atomic E-state index is 0.0293. The van der Waals surface area contributed by atoms with Gasteiger partial charge in [0.1, 0.15) is 30.1 Å². The van der Waals surface area contributed by atoms with E-state index < -0.39 is 44.0 Å². The van der Waals surface area contributed by atoms with Crippen LogP contribution in [0.3, 0.4) is 0 Å². The minimum Gasteiger partial charge on any atom is -0.469 e. The number of rotatable bonds is 35. The van der Waals surface area contributed by atoms with Gasteiger partial charge in [-0.1, -0.05) is 81.8 Å². The highest BCUT2D eigenvalue weighted by Crippen LogP contribution is 2.56. The number of aliphatic imine (C=N–C) groups is 6. The van der Waals surface area contributed by atoms with Gasteiger partial charge in [-0.3, -0.25) is 73.4 Å². The second kappa shape index (κ2) is 61.9. The number of azide groups is 1. The number of pyridine rings is 4. The van der Waals surface area contributed by atoms with Crippen LogP contribution in [0.2, 0.25) is 20.1 Å². The van der Waals surface area contributed by atoms with Crippen LogP contribution in [0.4, 0.5) is 11.4 Å². The number of epoxide rings is 1. The maximum absolute atomic E-state index is 14.8. The van der Waals surface area contributed by atoms with E-state index in [1.165, 1.54) is 42.7 Å². The van der Waals surface area contributed by atoms with Crippen molar-refractivity contribution in [3.8, 4) is 5.69 Å². The van der Waals surface area contributed by atoms with Gasteiger partial charge in [-0.05, 0) is 165 Å². The van der Waals surface area contributed by atoms with E-state index in [0.717, 1.165) is 69.8 Å². The van der Waals surface area contributed by atoms with Gasteiger partial charge in [0.2, 0.25) is 5.90 Å². The third kappa shape index (κ3) is 36.0. The molecule has 0 saturated carbocycles. The fraction of sp³-hybridized carbons (Fsp3) is 0.431. The Morgan fingerprint density at radius 2 is 0.932 bits per heavy atom. The summed E-state index contributed by atoms with van der Waals surface area (Å²) >= 11 is 25.2. The predicted octanol–water partition coefficient (Wildman–Crippen LogP) is 13.7. The molecule has 9 aromatic rings. The first-order chi connectivity index (χ1) is 71.2. The summed E-state index contributed by atoms with van der Waals surface area (Å²) in [5.41, 5.74) is 25.9. The number of carbonyl (C=O) groups is 5. The first-order valence-electron chi connectivity index (χ1n) is 47.2. The number of nitrogens with zero attached hydrogens (tertiary/aromatic N) is 17. The van der Waals surface area contributed by atoms with E-state index in [2.05, 4.69) is 54.1 Å². The van der Waals surface area contributed by atoms with Crippen LogP contribution in [-0.2, 0) is 103 Å². The molecule has 8 atom stereocenters. The number of esters is 4. The first-order valence-corrected chi connectivity index (χ1v) is 50.2. The Labute approximate surface area is 872 Å². The lowest BCUT2D eigenvalue weighted by molar-refractivity contribution is -0.141. The zero-order valence-electron chi connectivity index (χ0n) is 83.2. The van der Waals surface area contributed by atoms with Gasteiger partial charge in [0, 0.05) is 178 Å². The number of carbonyl (C=O) groups excluding carboxylic acids is 5. The van der Waals surface area contributed by atoms with Crippen molar-refractivity contribution in [1.82, 2.24) is 38.8 Å². The Morgan fingerprint density at radius 3 is 1.38 bits per heavy atom. The van der Waals surface area contributed by atoms with Crippen molar-refractivity contribution < 1.29 is 105 Å². The molecule has 3 saturated heterocycles. The van der Waals surface area contributed by atoms with Crippen molar-refractivity contribution in [2.75, 3.05) is 163 Å². The Morgan fingerprint density at radius 1 is 0.510 bits per heavy atom. The molecule has 786 valence electrons. The van der Waals surface area contributed by atoms with E-state index in [4.69, 9.17) is 140 Å². The second-order valence-electron chi connectivity index (χ2n) is 33.3. The third-order valence-electron chi connectivity index (χ3n) is 22.8. The molecule has 0 radical (unpaired) electrons. The highest BCUT2D eigenvalue weighted by molar-refractivity contribution is 7.54. The average molecular weight is 2130 g/mol. The Kier molecular flexibility index (Phi) is 49.3. The highest BCUT2D eigenvalue weighted by Gasteiger charge is 2.45. The number of hydrogen-bond acceptors (Lipinski definition) is 35. The Bertz CT molecular complexity index is 6040.